The van der Waals surface area contributed by atoms with Crippen molar-refractivity contribution in [2.45, 2.75) is 51.5 Å². The molecular formula is C18H28N4. The van der Waals surface area contributed by atoms with Crippen LogP contribution in [-0.2, 0) is 12.8 Å². The Balaban J connectivity index is 1.56. The fourth-order valence-corrected chi connectivity index (χ4v) is 3.72. The number of fused-ring (bicyclic) bond motifs is 1. The van der Waals surface area contributed by atoms with Crippen molar-refractivity contribution in [2.75, 3.05) is 25.0 Å². The second-order valence-corrected chi connectivity index (χ2v) is 6.52. The van der Waals surface area contributed by atoms with Gasteiger partial charge in [-0.05, 0) is 74.9 Å². The van der Waals surface area contributed by atoms with E-state index >= 15 is 0 Å². The zero-order chi connectivity index (χ0) is 15.4. The van der Waals surface area contributed by atoms with Crippen molar-refractivity contribution < 1.29 is 0 Å². The van der Waals surface area contributed by atoms with Crippen LogP contribution in [0.2, 0.25) is 0 Å². The van der Waals surface area contributed by atoms with Crippen LogP contribution in [0.5, 0.6) is 0 Å². The number of nitrogens with two attached hydrogens (primary N) is 1. The van der Waals surface area contributed by atoms with E-state index in [0.717, 1.165) is 12.2 Å². The smallest absolute Gasteiger partial charge is 0.193 e. The van der Waals surface area contributed by atoms with E-state index in [9.17, 15) is 0 Å². The molecule has 0 amide bonds. The van der Waals surface area contributed by atoms with Gasteiger partial charge in [-0.3, -0.25) is 9.89 Å². The van der Waals surface area contributed by atoms with Gasteiger partial charge in [0.25, 0.3) is 0 Å². The molecule has 22 heavy (non-hydrogen) atoms. The number of rotatable bonds is 5. The van der Waals surface area contributed by atoms with Gasteiger partial charge in [0.1, 0.15) is 0 Å². The molecule has 0 unspecified atom stereocenters. The number of guanidine groups is 1. The lowest BCUT2D eigenvalue weighted by atomic mass is 10.1. The highest BCUT2D eigenvalue weighted by molar-refractivity contribution is 5.92. The van der Waals surface area contributed by atoms with Gasteiger partial charge in [0.15, 0.2) is 5.96 Å². The summed E-state index contributed by atoms with van der Waals surface area (Å²) in [5, 5.41) is 3.25. The zero-order valence-corrected chi connectivity index (χ0v) is 13.6. The van der Waals surface area contributed by atoms with Crippen molar-refractivity contribution in [3.05, 3.63) is 29.3 Å². The predicted octanol–water partition coefficient (Wildman–Crippen LogP) is 2.78. The number of hydrogen-bond donors (Lipinski definition) is 2. The quantitative estimate of drug-likeness (QED) is 0.649. The standard InChI is InChI=1S/C18H28N4/c1-2-10-22-11-4-7-17(22)13-20-18(19)21-16-9-8-14-5-3-6-15(14)12-16/h8-9,12,17H,2-7,10-11,13H2,1H3,(H3,19,20,21)/t17-/m0/s1. The summed E-state index contributed by atoms with van der Waals surface area (Å²) in [5.74, 6) is 0.543. The van der Waals surface area contributed by atoms with Crippen molar-refractivity contribution in [1.82, 2.24) is 4.90 Å². The van der Waals surface area contributed by atoms with Gasteiger partial charge >= 0.3 is 0 Å². The van der Waals surface area contributed by atoms with E-state index in [-0.39, 0.29) is 0 Å². The number of nitrogens with zero attached hydrogens (tertiary/aromatic N) is 2. The first kappa shape index (κ1) is 15.3. The second-order valence-electron chi connectivity index (χ2n) is 6.52. The van der Waals surface area contributed by atoms with Crippen LogP contribution in [0.1, 0.15) is 43.7 Å². The molecular weight excluding hydrogens is 272 g/mol. The number of hydrogen-bond acceptors (Lipinski definition) is 2. The average Bonchev–Trinajstić information content (AvgIpc) is 3.14. The summed E-state index contributed by atoms with van der Waals surface area (Å²) >= 11 is 0. The minimum absolute atomic E-state index is 0.543. The van der Waals surface area contributed by atoms with Crippen molar-refractivity contribution in [3.63, 3.8) is 0 Å². The van der Waals surface area contributed by atoms with E-state index in [4.69, 9.17) is 5.73 Å². The molecule has 0 spiro atoms. The zero-order valence-electron chi connectivity index (χ0n) is 13.6. The molecule has 1 aliphatic carbocycles. The molecule has 1 aliphatic heterocycles. The van der Waals surface area contributed by atoms with E-state index < -0.39 is 0 Å². The largest absolute Gasteiger partial charge is 0.370 e. The monoisotopic (exact) mass is 300 g/mol. The van der Waals surface area contributed by atoms with E-state index in [2.05, 4.69) is 40.3 Å². The Kier molecular flexibility index (Phi) is 4.98. The summed E-state index contributed by atoms with van der Waals surface area (Å²) < 4.78 is 0. The first-order valence-electron chi connectivity index (χ1n) is 8.69. The van der Waals surface area contributed by atoms with Gasteiger partial charge < -0.3 is 11.1 Å². The van der Waals surface area contributed by atoms with Gasteiger partial charge in [0.05, 0.1) is 6.54 Å². The van der Waals surface area contributed by atoms with Gasteiger partial charge in [-0.1, -0.05) is 13.0 Å². The van der Waals surface area contributed by atoms with Crippen LogP contribution in [0.4, 0.5) is 5.69 Å². The van der Waals surface area contributed by atoms with E-state index in [1.165, 1.54) is 62.7 Å². The number of aryl methyl sites for hydroxylation is 2. The third kappa shape index (κ3) is 3.61. The number of likely N-dealkylation sites (tertiary alicyclic amines) is 1. The molecule has 1 atom stereocenters. The number of anilines is 1. The molecule has 1 heterocycles. The minimum Gasteiger partial charge on any atom is -0.370 e. The van der Waals surface area contributed by atoms with Crippen molar-refractivity contribution in [3.8, 4) is 0 Å². The highest BCUT2D eigenvalue weighted by Crippen LogP contribution is 2.24. The van der Waals surface area contributed by atoms with Crippen LogP contribution < -0.4 is 11.1 Å². The van der Waals surface area contributed by atoms with Crippen molar-refractivity contribution in [1.29, 1.82) is 0 Å². The Morgan fingerprint density at radius 3 is 3.05 bits per heavy atom. The summed E-state index contributed by atoms with van der Waals surface area (Å²) in [6.07, 6.45) is 7.43. The fraction of sp³-hybridized carbons (Fsp3) is 0.611. The number of benzene rings is 1. The Labute approximate surface area is 133 Å². The molecule has 3 N–H and O–H groups in total. The molecule has 1 aromatic carbocycles. The summed E-state index contributed by atoms with van der Waals surface area (Å²) in [6.45, 7) is 5.44. The van der Waals surface area contributed by atoms with Crippen LogP contribution in [0.15, 0.2) is 23.2 Å². The summed E-state index contributed by atoms with van der Waals surface area (Å²) in [4.78, 5) is 7.12. The molecule has 4 heteroatoms. The van der Waals surface area contributed by atoms with Crippen LogP contribution in [0, 0.1) is 0 Å². The number of aliphatic imine (C=N–C) groups is 1. The predicted molar refractivity (Wildman–Crippen MR) is 93.5 cm³/mol. The Morgan fingerprint density at radius 2 is 2.18 bits per heavy atom. The first-order chi connectivity index (χ1) is 10.8. The summed E-state index contributed by atoms with van der Waals surface area (Å²) in [7, 11) is 0. The normalized spacial score (nSPS) is 22.0. The topological polar surface area (TPSA) is 53.6 Å². The Hall–Kier alpha value is -1.55. The lowest BCUT2D eigenvalue weighted by Gasteiger charge is -2.22. The lowest BCUT2D eigenvalue weighted by Crippen LogP contribution is -2.33. The van der Waals surface area contributed by atoms with E-state index in [1.807, 2.05) is 0 Å². The maximum atomic E-state index is 6.07. The highest BCUT2D eigenvalue weighted by Gasteiger charge is 2.23. The van der Waals surface area contributed by atoms with Gasteiger partial charge in [-0.2, -0.15) is 0 Å². The van der Waals surface area contributed by atoms with E-state index in [1.54, 1.807) is 0 Å². The van der Waals surface area contributed by atoms with Gasteiger partial charge in [0.2, 0.25) is 0 Å². The Bertz CT molecular complexity index is 538. The lowest BCUT2D eigenvalue weighted by molar-refractivity contribution is 0.260. The first-order valence-corrected chi connectivity index (χ1v) is 8.69. The molecule has 0 bridgehead atoms. The maximum Gasteiger partial charge on any atom is 0.193 e. The third-order valence-corrected chi connectivity index (χ3v) is 4.85. The van der Waals surface area contributed by atoms with E-state index in [0.29, 0.717) is 12.0 Å². The van der Waals surface area contributed by atoms with Crippen LogP contribution >= 0.6 is 0 Å². The van der Waals surface area contributed by atoms with Gasteiger partial charge in [-0.25, -0.2) is 0 Å². The molecule has 0 aromatic heterocycles. The molecule has 120 valence electrons. The SMILES string of the molecule is CCCN1CCC[C@H]1CN=C(N)Nc1ccc2c(c1)CCC2. The maximum absolute atomic E-state index is 6.07. The van der Waals surface area contributed by atoms with Crippen LogP contribution in [0.3, 0.4) is 0 Å². The fourth-order valence-electron chi connectivity index (χ4n) is 3.72. The molecule has 0 saturated carbocycles. The van der Waals surface area contributed by atoms with Crippen molar-refractivity contribution >= 4 is 11.6 Å². The second kappa shape index (κ2) is 7.14. The highest BCUT2D eigenvalue weighted by atomic mass is 15.2. The molecule has 2 aliphatic rings. The van der Waals surface area contributed by atoms with Crippen LogP contribution in [-0.4, -0.2) is 36.5 Å². The molecule has 0 radical (unpaired) electrons. The van der Waals surface area contributed by atoms with Crippen molar-refractivity contribution in [2.24, 2.45) is 10.7 Å². The molecule has 3 rings (SSSR count). The molecule has 1 saturated heterocycles. The molecule has 4 nitrogen and oxygen atoms in total. The summed E-state index contributed by atoms with van der Waals surface area (Å²) in [5.41, 5.74) is 10.1. The van der Waals surface area contributed by atoms with Crippen LogP contribution in [0.25, 0.3) is 0 Å². The van der Waals surface area contributed by atoms with Gasteiger partial charge in [0, 0.05) is 11.7 Å². The van der Waals surface area contributed by atoms with Gasteiger partial charge in [-0.15, -0.1) is 0 Å². The summed E-state index contributed by atoms with van der Waals surface area (Å²) in [6, 6.07) is 7.13. The third-order valence-electron chi connectivity index (χ3n) is 4.85. The number of nitrogens with one attached hydrogen (secondary N) is 1. The molecule has 1 aromatic rings. The average molecular weight is 300 g/mol. The molecule has 1 fully saturated rings. The Morgan fingerprint density at radius 1 is 1.32 bits per heavy atom. The minimum atomic E-state index is 0.543.